The average molecular weight is 254 g/mol. The van der Waals surface area contributed by atoms with Gasteiger partial charge in [-0.3, -0.25) is 9.67 Å². The third kappa shape index (κ3) is 2.10. The maximum absolute atomic E-state index is 5.96. The van der Waals surface area contributed by atoms with Gasteiger partial charge in [-0.25, -0.2) is 0 Å². The van der Waals surface area contributed by atoms with Crippen molar-refractivity contribution in [3.63, 3.8) is 0 Å². The average Bonchev–Trinajstić information content (AvgIpc) is 2.78. The van der Waals surface area contributed by atoms with E-state index in [2.05, 4.69) is 10.1 Å². The Morgan fingerprint density at radius 3 is 2.79 bits per heavy atom. The molecule has 3 aromatic rings. The number of anilines is 1. The lowest BCUT2D eigenvalue weighted by atomic mass is 10.1. The largest absolute Gasteiger partial charge is 0.453 e. The third-order valence-corrected chi connectivity index (χ3v) is 2.94. The number of rotatable bonds is 2. The number of hydrogen-bond donors (Lipinski definition) is 1. The molecule has 0 aliphatic carbocycles. The molecule has 5 heteroatoms. The number of nitrogens with two attached hydrogens (primary N) is 1. The zero-order valence-electron chi connectivity index (χ0n) is 10.8. The number of fused-ring (bicyclic) bond motifs is 1. The van der Waals surface area contributed by atoms with Gasteiger partial charge < -0.3 is 10.5 Å². The van der Waals surface area contributed by atoms with Gasteiger partial charge in [0.2, 0.25) is 0 Å². The summed E-state index contributed by atoms with van der Waals surface area (Å²) in [5.41, 5.74) is 7.58. The van der Waals surface area contributed by atoms with E-state index in [0.717, 1.165) is 22.2 Å². The molecule has 0 saturated heterocycles. The van der Waals surface area contributed by atoms with Crippen LogP contribution in [0.5, 0.6) is 11.5 Å². The van der Waals surface area contributed by atoms with Crippen molar-refractivity contribution in [2.75, 3.05) is 5.73 Å². The van der Waals surface area contributed by atoms with Gasteiger partial charge in [0.25, 0.3) is 0 Å². The summed E-state index contributed by atoms with van der Waals surface area (Å²) in [4.78, 5) is 4.27. The number of aryl methyl sites for hydroxylation is 2. The van der Waals surface area contributed by atoms with E-state index in [1.165, 1.54) is 0 Å². The normalized spacial score (nSPS) is 10.8. The highest BCUT2D eigenvalue weighted by atomic mass is 16.5. The number of benzene rings is 1. The molecule has 0 radical (unpaired) electrons. The van der Waals surface area contributed by atoms with Crippen molar-refractivity contribution in [3.05, 3.63) is 42.5 Å². The molecule has 0 aliphatic rings. The van der Waals surface area contributed by atoms with Crippen molar-refractivity contribution < 1.29 is 4.74 Å². The van der Waals surface area contributed by atoms with E-state index in [9.17, 15) is 0 Å². The van der Waals surface area contributed by atoms with Gasteiger partial charge in [0.15, 0.2) is 5.75 Å². The monoisotopic (exact) mass is 254 g/mol. The van der Waals surface area contributed by atoms with Crippen LogP contribution >= 0.6 is 0 Å². The first-order valence-electron chi connectivity index (χ1n) is 5.95. The number of pyridine rings is 1. The fraction of sp³-hybridized carbons (Fsp3) is 0.143. The van der Waals surface area contributed by atoms with E-state index < -0.39 is 0 Å². The number of aromatic nitrogens is 3. The molecule has 2 N–H and O–H groups in total. The minimum atomic E-state index is 0.695. The van der Waals surface area contributed by atoms with Crippen molar-refractivity contribution in [1.29, 1.82) is 0 Å². The predicted molar refractivity (Wildman–Crippen MR) is 74.2 cm³/mol. The molecule has 2 aromatic heterocycles. The Hall–Kier alpha value is -2.56. The van der Waals surface area contributed by atoms with Gasteiger partial charge in [-0.1, -0.05) is 0 Å². The molecule has 3 rings (SSSR count). The lowest BCUT2D eigenvalue weighted by molar-refractivity contribution is 0.487. The molecule has 96 valence electrons. The molecule has 5 nitrogen and oxygen atoms in total. The van der Waals surface area contributed by atoms with Crippen molar-refractivity contribution in [1.82, 2.24) is 14.8 Å². The van der Waals surface area contributed by atoms with Gasteiger partial charge >= 0.3 is 0 Å². The van der Waals surface area contributed by atoms with Gasteiger partial charge in [-0.05, 0) is 25.1 Å². The molecule has 0 unspecified atom stereocenters. The first-order chi connectivity index (χ1) is 9.13. The molecule has 0 saturated carbocycles. The van der Waals surface area contributed by atoms with Crippen LogP contribution in [0.2, 0.25) is 0 Å². The van der Waals surface area contributed by atoms with Gasteiger partial charge in [0.05, 0.1) is 12.4 Å². The minimum absolute atomic E-state index is 0.695. The first kappa shape index (κ1) is 11.5. The standard InChI is InChI=1S/C14H14N4O/c1-9-5-11-12(7-16-9)13(15)3-4-14(11)19-10-6-17-18(2)8-10/h3-8H,15H2,1-2H3. The van der Waals surface area contributed by atoms with Crippen LogP contribution in [0.15, 0.2) is 36.8 Å². The second-order valence-corrected chi connectivity index (χ2v) is 4.48. The van der Waals surface area contributed by atoms with E-state index in [0.29, 0.717) is 11.4 Å². The van der Waals surface area contributed by atoms with Gasteiger partial charge in [-0.2, -0.15) is 5.10 Å². The van der Waals surface area contributed by atoms with Crippen LogP contribution in [0.4, 0.5) is 5.69 Å². The Morgan fingerprint density at radius 1 is 1.21 bits per heavy atom. The van der Waals surface area contributed by atoms with Crippen LogP contribution in [-0.2, 0) is 7.05 Å². The summed E-state index contributed by atoms with van der Waals surface area (Å²) in [7, 11) is 1.85. The molecular weight excluding hydrogens is 240 g/mol. The van der Waals surface area contributed by atoms with E-state index in [4.69, 9.17) is 10.5 Å². The SMILES string of the molecule is Cc1cc2c(Oc3cnn(C)c3)ccc(N)c2cn1. The Labute approximate surface area is 110 Å². The van der Waals surface area contributed by atoms with Crippen molar-refractivity contribution in [2.24, 2.45) is 7.05 Å². The minimum Gasteiger partial charge on any atom is -0.453 e. The van der Waals surface area contributed by atoms with E-state index in [1.54, 1.807) is 17.1 Å². The Bertz CT molecular complexity index is 748. The highest BCUT2D eigenvalue weighted by Gasteiger charge is 2.08. The van der Waals surface area contributed by atoms with E-state index >= 15 is 0 Å². The molecule has 0 fully saturated rings. The van der Waals surface area contributed by atoms with Crippen molar-refractivity contribution in [2.45, 2.75) is 6.92 Å². The molecular formula is C14H14N4O. The molecule has 0 amide bonds. The summed E-state index contributed by atoms with van der Waals surface area (Å²) in [6.07, 6.45) is 5.27. The van der Waals surface area contributed by atoms with Crippen LogP contribution in [0.3, 0.4) is 0 Å². The molecule has 2 heterocycles. The quantitative estimate of drug-likeness (QED) is 0.714. The number of ether oxygens (including phenoxy) is 1. The van der Waals surface area contributed by atoms with Crippen LogP contribution in [0.25, 0.3) is 10.8 Å². The lowest BCUT2D eigenvalue weighted by Crippen LogP contribution is -1.92. The first-order valence-corrected chi connectivity index (χ1v) is 5.95. The van der Waals surface area contributed by atoms with Gasteiger partial charge in [0, 0.05) is 35.4 Å². The Balaban J connectivity index is 2.13. The molecule has 0 bridgehead atoms. The Morgan fingerprint density at radius 2 is 2.05 bits per heavy atom. The molecule has 0 atom stereocenters. The van der Waals surface area contributed by atoms with Crippen molar-refractivity contribution >= 4 is 16.5 Å². The summed E-state index contributed by atoms with van der Waals surface area (Å²) in [5.74, 6) is 1.45. The van der Waals surface area contributed by atoms with Crippen molar-refractivity contribution in [3.8, 4) is 11.5 Å². The van der Waals surface area contributed by atoms with Crippen LogP contribution in [0.1, 0.15) is 5.69 Å². The molecule has 0 spiro atoms. The zero-order valence-corrected chi connectivity index (χ0v) is 10.8. The van der Waals surface area contributed by atoms with E-state index in [-0.39, 0.29) is 0 Å². The van der Waals surface area contributed by atoms with E-state index in [1.807, 2.05) is 38.4 Å². The van der Waals surface area contributed by atoms with Gasteiger partial charge in [0.1, 0.15) is 5.75 Å². The molecule has 1 aromatic carbocycles. The predicted octanol–water partition coefficient (Wildman–Crippen LogP) is 2.65. The summed E-state index contributed by atoms with van der Waals surface area (Å²) >= 11 is 0. The zero-order chi connectivity index (χ0) is 13.4. The highest BCUT2D eigenvalue weighted by Crippen LogP contribution is 2.32. The smallest absolute Gasteiger partial charge is 0.165 e. The van der Waals surface area contributed by atoms with Crippen LogP contribution in [0, 0.1) is 6.92 Å². The maximum Gasteiger partial charge on any atom is 0.165 e. The number of nitrogens with zero attached hydrogens (tertiary/aromatic N) is 3. The summed E-state index contributed by atoms with van der Waals surface area (Å²) < 4.78 is 7.55. The summed E-state index contributed by atoms with van der Waals surface area (Å²) in [6, 6.07) is 5.66. The second kappa shape index (κ2) is 4.28. The molecule has 19 heavy (non-hydrogen) atoms. The third-order valence-electron chi connectivity index (χ3n) is 2.94. The highest BCUT2D eigenvalue weighted by molar-refractivity contribution is 5.96. The summed E-state index contributed by atoms with van der Waals surface area (Å²) in [6.45, 7) is 1.94. The van der Waals surface area contributed by atoms with Crippen LogP contribution in [-0.4, -0.2) is 14.8 Å². The fourth-order valence-electron chi connectivity index (χ4n) is 2.01. The van der Waals surface area contributed by atoms with Crippen LogP contribution < -0.4 is 10.5 Å². The summed E-state index contributed by atoms with van der Waals surface area (Å²) in [5, 5.41) is 5.93. The number of nitrogen functional groups attached to an aromatic ring is 1. The van der Waals surface area contributed by atoms with Gasteiger partial charge in [-0.15, -0.1) is 0 Å². The fourth-order valence-corrected chi connectivity index (χ4v) is 2.01. The second-order valence-electron chi connectivity index (χ2n) is 4.48. The topological polar surface area (TPSA) is 66.0 Å². The lowest BCUT2D eigenvalue weighted by Gasteiger charge is -2.09. The Kier molecular flexibility index (Phi) is 2.59. The number of hydrogen-bond acceptors (Lipinski definition) is 4. The maximum atomic E-state index is 5.96. The molecule has 0 aliphatic heterocycles.